The molecule has 45 heavy (non-hydrogen) atoms. The Morgan fingerprint density at radius 1 is 1.09 bits per heavy atom. The van der Waals surface area contributed by atoms with E-state index in [9.17, 15) is 43.8 Å². The lowest BCUT2D eigenvalue weighted by Crippen LogP contribution is -2.74. The van der Waals surface area contributed by atoms with Gasteiger partial charge in [-0.1, -0.05) is 18.2 Å². The molecule has 0 saturated heterocycles. The predicted octanol–water partition coefficient (Wildman–Crippen LogP) is -0.173. The average molecular weight is 620 g/mol. The molecular weight excluding hydrogens is 586 g/mol. The first-order chi connectivity index (χ1) is 21.2. The van der Waals surface area contributed by atoms with E-state index in [-0.39, 0.29) is 37.1 Å². The minimum atomic E-state index is -2.81. The molecule has 0 spiro atoms. The highest BCUT2D eigenvalue weighted by atomic mass is 16.5. The van der Waals surface area contributed by atoms with Gasteiger partial charge in [0, 0.05) is 11.5 Å². The summed E-state index contributed by atoms with van der Waals surface area (Å²) in [5.41, 5.74) is 4.01. The number of nitrogens with zero attached hydrogens (tertiary/aromatic N) is 1. The van der Waals surface area contributed by atoms with Gasteiger partial charge >= 0.3 is 5.97 Å². The third kappa shape index (κ3) is 5.01. The van der Waals surface area contributed by atoms with Gasteiger partial charge in [0.25, 0.3) is 5.91 Å². The van der Waals surface area contributed by atoms with Gasteiger partial charge in [-0.25, -0.2) is 0 Å². The van der Waals surface area contributed by atoms with Gasteiger partial charge in [0.2, 0.25) is 5.91 Å². The van der Waals surface area contributed by atoms with Crippen molar-refractivity contribution in [2.24, 2.45) is 29.4 Å². The third-order valence-electron chi connectivity index (χ3n) is 9.08. The number of nitrogens with one attached hydrogen (secondary N) is 1. The van der Waals surface area contributed by atoms with Crippen LogP contribution in [-0.4, -0.2) is 94.9 Å². The lowest BCUT2D eigenvalue weighted by Gasteiger charge is -2.52. The number of hydrogen-bond acceptors (Lipinski definition) is 11. The molecule has 0 bridgehead atoms. The van der Waals surface area contributed by atoms with Crippen LogP contribution in [0.1, 0.15) is 39.6 Å². The highest BCUT2D eigenvalue weighted by Gasteiger charge is 2.69. The number of benzene rings is 2. The number of ketones is 4. The average Bonchev–Trinajstić information content (AvgIpc) is 2.97. The molecule has 2 aromatic rings. The maximum atomic E-state index is 14.0. The summed E-state index contributed by atoms with van der Waals surface area (Å²) in [4.78, 5) is 92.7. The molecule has 3 aliphatic carbocycles. The second kappa shape index (κ2) is 11.6. The number of carbonyl (C=O) groups is 7. The summed E-state index contributed by atoms with van der Waals surface area (Å²) in [6, 6.07) is 8.05. The number of Topliss-reactive ketones (excluding diaryl/α,β-unsaturated/α-hetero) is 4. The Hall–Kier alpha value is -4.75. The molecule has 0 aliphatic heterocycles. The molecule has 0 aromatic heterocycles. The SMILES string of the molecule is CCOC(=O)CNC(=O)c1cccc(-c2ccc(O)c3c2C[C@@H]2C[C@@H]4[C@@H](N(C)C)C(=O)C(C(N)=O)C(=O)[C@]4(O)C(=O)C2C3=O)c1. The van der Waals surface area contributed by atoms with Gasteiger partial charge in [-0.3, -0.25) is 38.5 Å². The molecule has 13 nitrogen and oxygen atoms in total. The van der Waals surface area contributed by atoms with Crippen LogP contribution in [0.15, 0.2) is 36.4 Å². The number of ether oxygens (including phenoxy) is 1. The first-order valence-electron chi connectivity index (χ1n) is 14.5. The number of esters is 1. The summed E-state index contributed by atoms with van der Waals surface area (Å²) in [7, 11) is 3.03. The molecule has 0 radical (unpaired) electrons. The largest absolute Gasteiger partial charge is 0.507 e. The van der Waals surface area contributed by atoms with Crippen molar-refractivity contribution in [3.63, 3.8) is 0 Å². The number of primary amides is 1. The molecule has 2 unspecified atom stereocenters. The van der Waals surface area contributed by atoms with Crippen molar-refractivity contribution in [3.05, 3.63) is 53.1 Å². The third-order valence-corrected chi connectivity index (χ3v) is 9.08. The number of aliphatic hydroxyl groups is 1. The number of amides is 2. The molecule has 6 atom stereocenters. The van der Waals surface area contributed by atoms with Crippen LogP contribution < -0.4 is 11.1 Å². The van der Waals surface area contributed by atoms with Crippen LogP contribution in [0, 0.1) is 23.7 Å². The first kappa shape index (κ1) is 31.7. The van der Waals surface area contributed by atoms with E-state index in [0.29, 0.717) is 16.7 Å². The van der Waals surface area contributed by atoms with Crippen LogP contribution in [0.25, 0.3) is 11.1 Å². The topological polar surface area (TPSA) is 210 Å². The maximum Gasteiger partial charge on any atom is 0.325 e. The van der Waals surface area contributed by atoms with E-state index in [4.69, 9.17) is 10.5 Å². The Kier molecular flexibility index (Phi) is 8.19. The Labute approximate surface area is 257 Å². The lowest BCUT2D eigenvalue weighted by atomic mass is 9.52. The van der Waals surface area contributed by atoms with E-state index >= 15 is 0 Å². The minimum absolute atomic E-state index is 0.0643. The van der Waals surface area contributed by atoms with Crippen LogP contribution >= 0.6 is 0 Å². The number of carbonyl (C=O) groups excluding carboxylic acids is 7. The molecule has 5 rings (SSSR count). The quantitative estimate of drug-likeness (QED) is 0.236. The van der Waals surface area contributed by atoms with Gasteiger partial charge in [0.15, 0.2) is 34.7 Å². The van der Waals surface area contributed by atoms with Crippen molar-refractivity contribution < 1.29 is 48.5 Å². The molecule has 2 aromatic carbocycles. The van der Waals surface area contributed by atoms with Crippen molar-refractivity contribution >= 4 is 40.9 Å². The highest BCUT2D eigenvalue weighted by Crippen LogP contribution is 2.51. The molecular formula is C32H33N3O10. The fourth-order valence-electron chi connectivity index (χ4n) is 7.17. The Morgan fingerprint density at radius 3 is 2.44 bits per heavy atom. The number of aromatic hydroxyl groups is 1. The number of phenolic OH excluding ortho intramolecular Hbond substituents is 1. The Morgan fingerprint density at radius 2 is 1.80 bits per heavy atom. The van der Waals surface area contributed by atoms with Crippen molar-refractivity contribution in [2.75, 3.05) is 27.2 Å². The number of nitrogens with two attached hydrogens (primary N) is 1. The number of likely N-dealkylation sites (N-methyl/N-ethyl adjacent to an activating group) is 1. The standard InChI is InChI=1S/C32H33N3O10/c1-4-45-21(37)13-34-31(43)15-7-5-6-14(10-15)17-8-9-20(36)23-18(17)11-16-12-19-25(35(2)3)27(39)24(30(33)42)29(41)32(19,44)28(40)22(16)26(23)38/h5-10,16,19,22,24-25,36,44H,4,11-13H2,1-3H3,(H2,33,42)(H,34,43)/t16-,19-,22?,24?,25-,32-/m1/s1. The van der Waals surface area contributed by atoms with E-state index in [2.05, 4.69) is 5.32 Å². The van der Waals surface area contributed by atoms with E-state index in [1.807, 2.05) is 0 Å². The van der Waals surface area contributed by atoms with Gasteiger partial charge in [-0.2, -0.15) is 0 Å². The minimum Gasteiger partial charge on any atom is -0.507 e. The van der Waals surface area contributed by atoms with Crippen molar-refractivity contribution in [1.29, 1.82) is 0 Å². The van der Waals surface area contributed by atoms with Crippen LogP contribution in [0.2, 0.25) is 0 Å². The fourth-order valence-corrected chi connectivity index (χ4v) is 7.17. The lowest BCUT2D eigenvalue weighted by molar-refractivity contribution is -0.181. The van der Waals surface area contributed by atoms with Crippen LogP contribution in [0.5, 0.6) is 5.75 Å². The molecule has 236 valence electrons. The summed E-state index contributed by atoms with van der Waals surface area (Å²) in [6.45, 7) is 1.48. The van der Waals surface area contributed by atoms with Crippen molar-refractivity contribution in [2.45, 2.75) is 31.4 Å². The zero-order valence-electron chi connectivity index (χ0n) is 24.9. The molecule has 13 heteroatoms. The zero-order chi connectivity index (χ0) is 33.0. The summed E-state index contributed by atoms with van der Waals surface area (Å²) >= 11 is 0. The Bertz CT molecular complexity index is 1670. The van der Waals surface area contributed by atoms with Crippen LogP contribution in [0.4, 0.5) is 0 Å². The van der Waals surface area contributed by atoms with E-state index in [0.717, 1.165) is 0 Å². The summed E-state index contributed by atoms with van der Waals surface area (Å²) in [5, 5.41) is 25.0. The van der Waals surface area contributed by atoms with Crippen molar-refractivity contribution in [1.82, 2.24) is 10.2 Å². The van der Waals surface area contributed by atoms with Crippen LogP contribution in [-0.2, 0) is 35.1 Å². The number of rotatable bonds is 7. The fraction of sp³-hybridized carbons (Fsp3) is 0.406. The van der Waals surface area contributed by atoms with Gasteiger partial charge in [-0.15, -0.1) is 0 Å². The van der Waals surface area contributed by atoms with Gasteiger partial charge < -0.3 is 26.0 Å². The molecule has 2 amide bonds. The Balaban J connectivity index is 1.55. The highest BCUT2D eigenvalue weighted by molar-refractivity contribution is 6.32. The molecule has 5 N–H and O–H groups in total. The van der Waals surface area contributed by atoms with E-state index in [1.165, 1.54) is 31.1 Å². The number of fused-ring (bicyclic) bond motifs is 3. The normalized spacial score (nSPS) is 27.4. The number of hydrogen-bond donors (Lipinski definition) is 4. The molecule has 2 fully saturated rings. The maximum absolute atomic E-state index is 14.0. The number of phenols is 1. The zero-order valence-corrected chi connectivity index (χ0v) is 24.9. The van der Waals surface area contributed by atoms with Gasteiger partial charge in [-0.05, 0) is 74.7 Å². The van der Waals surface area contributed by atoms with E-state index < -0.39 is 82.0 Å². The molecule has 2 saturated carbocycles. The second-order valence-corrected chi connectivity index (χ2v) is 11.8. The van der Waals surface area contributed by atoms with Crippen LogP contribution in [0.3, 0.4) is 0 Å². The van der Waals surface area contributed by atoms with E-state index in [1.54, 1.807) is 31.2 Å². The van der Waals surface area contributed by atoms with Gasteiger partial charge in [0.05, 0.1) is 24.1 Å². The summed E-state index contributed by atoms with van der Waals surface area (Å²) in [6.07, 6.45) is -0.0237. The smallest absolute Gasteiger partial charge is 0.325 e. The molecule has 3 aliphatic rings. The monoisotopic (exact) mass is 619 g/mol. The predicted molar refractivity (Wildman–Crippen MR) is 156 cm³/mol. The summed E-state index contributed by atoms with van der Waals surface area (Å²) in [5.74, 6) is -12.5. The van der Waals surface area contributed by atoms with Gasteiger partial charge in [0.1, 0.15) is 12.3 Å². The second-order valence-electron chi connectivity index (χ2n) is 11.8. The molecule has 0 heterocycles. The summed E-state index contributed by atoms with van der Waals surface area (Å²) < 4.78 is 4.83. The first-order valence-corrected chi connectivity index (χ1v) is 14.5. The van der Waals surface area contributed by atoms with Crippen molar-refractivity contribution in [3.8, 4) is 16.9 Å².